The normalized spacial score (nSPS) is 14.8. The van der Waals surface area contributed by atoms with Crippen molar-refractivity contribution in [1.29, 1.82) is 0 Å². The van der Waals surface area contributed by atoms with Crippen LogP contribution in [0, 0.1) is 5.82 Å². The Hall–Kier alpha value is -3.91. The number of hydrogen-bond donors (Lipinski definition) is 2. The summed E-state index contributed by atoms with van der Waals surface area (Å²) in [6.07, 6.45) is 0. The lowest BCUT2D eigenvalue weighted by Crippen LogP contribution is -2.53. The van der Waals surface area contributed by atoms with E-state index >= 15 is 0 Å². The van der Waals surface area contributed by atoms with Gasteiger partial charge in [0.25, 0.3) is 5.91 Å². The van der Waals surface area contributed by atoms with Crippen LogP contribution in [0.3, 0.4) is 0 Å². The number of rotatable bonds is 7. The first-order chi connectivity index (χ1) is 17.0. The zero-order valence-corrected chi connectivity index (χ0v) is 19.8. The SMILES string of the molecule is COc1ccccc1NC(=O)c1ccc(NC(=O)C(C)N2CCN(c3ccccc3F)CC2)cc1. The van der Waals surface area contributed by atoms with Crippen molar-refractivity contribution in [2.75, 3.05) is 48.8 Å². The molecule has 4 rings (SSSR count). The molecule has 3 aromatic carbocycles. The molecule has 1 fully saturated rings. The number of carbonyl (C=O) groups is 2. The van der Waals surface area contributed by atoms with Crippen molar-refractivity contribution in [3.8, 4) is 5.75 Å². The van der Waals surface area contributed by atoms with Crippen molar-refractivity contribution in [2.45, 2.75) is 13.0 Å². The highest BCUT2D eigenvalue weighted by atomic mass is 19.1. The molecule has 0 saturated carbocycles. The molecule has 1 heterocycles. The molecule has 8 heteroatoms. The first-order valence-corrected chi connectivity index (χ1v) is 11.5. The Morgan fingerprint density at radius 2 is 1.54 bits per heavy atom. The van der Waals surface area contributed by atoms with Crippen LogP contribution in [-0.2, 0) is 4.79 Å². The number of ether oxygens (including phenoxy) is 1. The van der Waals surface area contributed by atoms with Crippen LogP contribution in [0.5, 0.6) is 5.75 Å². The van der Waals surface area contributed by atoms with Gasteiger partial charge in [-0.1, -0.05) is 24.3 Å². The average molecular weight is 477 g/mol. The summed E-state index contributed by atoms with van der Waals surface area (Å²) in [5, 5.41) is 5.75. The van der Waals surface area contributed by atoms with Gasteiger partial charge in [-0.15, -0.1) is 0 Å². The topological polar surface area (TPSA) is 73.9 Å². The van der Waals surface area contributed by atoms with E-state index in [0.29, 0.717) is 54.6 Å². The molecular weight excluding hydrogens is 447 g/mol. The lowest BCUT2D eigenvalue weighted by atomic mass is 10.1. The Kier molecular flexibility index (Phi) is 7.62. The molecule has 1 atom stereocenters. The fraction of sp³-hybridized carbons (Fsp3) is 0.259. The summed E-state index contributed by atoms with van der Waals surface area (Å²) in [5.41, 5.74) is 2.26. The predicted molar refractivity (Wildman–Crippen MR) is 136 cm³/mol. The summed E-state index contributed by atoms with van der Waals surface area (Å²) in [5.74, 6) is -0.0516. The molecule has 1 saturated heterocycles. The fourth-order valence-electron chi connectivity index (χ4n) is 4.12. The number of benzene rings is 3. The maximum atomic E-state index is 14.1. The highest BCUT2D eigenvalue weighted by Gasteiger charge is 2.26. The van der Waals surface area contributed by atoms with Gasteiger partial charge in [0.05, 0.1) is 24.5 Å². The zero-order chi connectivity index (χ0) is 24.8. The maximum Gasteiger partial charge on any atom is 0.255 e. The smallest absolute Gasteiger partial charge is 0.255 e. The van der Waals surface area contributed by atoms with Crippen molar-refractivity contribution >= 4 is 28.9 Å². The second-order valence-electron chi connectivity index (χ2n) is 8.37. The van der Waals surface area contributed by atoms with Gasteiger partial charge in [-0.05, 0) is 55.5 Å². The van der Waals surface area contributed by atoms with Crippen LogP contribution in [-0.4, -0.2) is 56.0 Å². The van der Waals surface area contributed by atoms with Gasteiger partial charge in [0, 0.05) is 37.4 Å². The third-order valence-corrected chi connectivity index (χ3v) is 6.20. The standard InChI is InChI=1S/C27H29FN4O3/c1-19(31-15-17-32(18-16-31)24-9-5-3-7-22(24)28)26(33)29-21-13-11-20(12-14-21)27(34)30-23-8-4-6-10-25(23)35-2/h3-14,19H,15-18H2,1-2H3,(H,29,33)(H,30,34). The van der Waals surface area contributed by atoms with Crippen molar-refractivity contribution in [3.63, 3.8) is 0 Å². The molecule has 2 N–H and O–H groups in total. The minimum Gasteiger partial charge on any atom is -0.495 e. The molecular formula is C27H29FN4O3. The third kappa shape index (κ3) is 5.78. The quantitative estimate of drug-likeness (QED) is 0.534. The zero-order valence-electron chi connectivity index (χ0n) is 19.8. The van der Waals surface area contributed by atoms with E-state index in [2.05, 4.69) is 15.5 Å². The van der Waals surface area contributed by atoms with E-state index in [4.69, 9.17) is 4.74 Å². The minimum absolute atomic E-state index is 0.129. The predicted octanol–water partition coefficient (Wildman–Crippen LogP) is 4.24. The van der Waals surface area contributed by atoms with Crippen molar-refractivity contribution in [1.82, 2.24) is 4.90 Å². The van der Waals surface area contributed by atoms with Crippen molar-refractivity contribution in [3.05, 3.63) is 84.2 Å². The van der Waals surface area contributed by atoms with E-state index in [-0.39, 0.29) is 23.7 Å². The first-order valence-electron chi connectivity index (χ1n) is 11.5. The van der Waals surface area contributed by atoms with E-state index in [0.717, 1.165) is 0 Å². The molecule has 2 amide bonds. The molecule has 0 aromatic heterocycles. The van der Waals surface area contributed by atoms with Crippen LogP contribution < -0.4 is 20.3 Å². The Morgan fingerprint density at radius 1 is 0.886 bits per heavy atom. The molecule has 0 aliphatic carbocycles. The van der Waals surface area contributed by atoms with Gasteiger partial charge in [-0.2, -0.15) is 0 Å². The number of methoxy groups -OCH3 is 1. The van der Waals surface area contributed by atoms with Crippen LogP contribution in [0.15, 0.2) is 72.8 Å². The van der Waals surface area contributed by atoms with Gasteiger partial charge >= 0.3 is 0 Å². The van der Waals surface area contributed by atoms with Crippen LogP contribution >= 0.6 is 0 Å². The Morgan fingerprint density at radius 3 is 2.23 bits per heavy atom. The van der Waals surface area contributed by atoms with Gasteiger partial charge in [0.2, 0.25) is 5.91 Å². The number of anilines is 3. The van der Waals surface area contributed by atoms with Crippen molar-refractivity contribution < 1.29 is 18.7 Å². The van der Waals surface area contributed by atoms with Gasteiger partial charge in [0.1, 0.15) is 11.6 Å². The monoisotopic (exact) mass is 476 g/mol. The van der Waals surface area contributed by atoms with Gasteiger partial charge in [-0.3, -0.25) is 14.5 Å². The number of amides is 2. The molecule has 1 aliphatic rings. The fourth-order valence-corrected chi connectivity index (χ4v) is 4.12. The summed E-state index contributed by atoms with van der Waals surface area (Å²) in [7, 11) is 1.55. The van der Waals surface area contributed by atoms with Gasteiger partial charge in [-0.25, -0.2) is 4.39 Å². The van der Waals surface area contributed by atoms with Crippen LogP contribution in [0.25, 0.3) is 0 Å². The highest BCUT2D eigenvalue weighted by Crippen LogP contribution is 2.24. The van der Waals surface area contributed by atoms with E-state index in [1.165, 1.54) is 6.07 Å². The number of piperazine rings is 1. The number of nitrogens with zero attached hydrogens (tertiary/aromatic N) is 2. The molecule has 0 radical (unpaired) electrons. The van der Waals surface area contributed by atoms with Gasteiger partial charge in [0.15, 0.2) is 0 Å². The average Bonchev–Trinajstić information content (AvgIpc) is 2.89. The second kappa shape index (κ2) is 11.0. The summed E-state index contributed by atoms with van der Waals surface area (Å²) < 4.78 is 19.3. The molecule has 0 bridgehead atoms. The van der Waals surface area contributed by atoms with Crippen LogP contribution in [0.4, 0.5) is 21.5 Å². The molecule has 7 nitrogen and oxygen atoms in total. The third-order valence-electron chi connectivity index (χ3n) is 6.20. The maximum absolute atomic E-state index is 14.1. The summed E-state index contributed by atoms with van der Waals surface area (Å²) >= 11 is 0. The second-order valence-corrected chi connectivity index (χ2v) is 8.37. The van der Waals surface area contributed by atoms with Crippen LogP contribution in [0.1, 0.15) is 17.3 Å². The molecule has 182 valence electrons. The molecule has 0 spiro atoms. The molecule has 1 aliphatic heterocycles. The van der Waals surface area contributed by atoms with E-state index in [9.17, 15) is 14.0 Å². The lowest BCUT2D eigenvalue weighted by molar-refractivity contribution is -0.120. The van der Waals surface area contributed by atoms with E-state index in [1.807, 2.05) is 30.0 Å². The molecule has 1 unspecified atom stereocenters. The van der Waals surface area contributed by atoms with E-state index < -0.39 is 0 Å². The Labute approximate surface area is 204 Å². The number of para-hydroxylation sites is 3. The van der Waals surface area contributed by atoms with E-state index in [1.54, 1.807) is 55.6 Å². The summed E-state index contributed by atoms with van der Waals surface area (Å²) in [6.45, 7) is 4.47. The number of carbonyl (C=O) groups excluding carboxylic acids is 2. The lowest BCUT2D eigenvalue weighted by Gasteiger charge is -2.38. The summed E-state index contributed by atoms with van der Waals surface area (Å²) in [6, 6.07) is 20.3. The number of halogens is 1. The Balaban J connectivity index is 1.30. The Bertz CT molecular complexity index is 1180. The minimum atomic E-state index is -0.341. The number of hydrogen-bond acceptors (Lipinski definition) is 5. The number of nitrogens with one attached hydrogen (secondary N) is 2. The molecule has 35 heavy (non-hydrogen) atoms. The molecule has 3 aromatic rings. The van der Waals surface area contributed by atoms with Gasteiger partial charge < -0.3 is 20.3 Å². The first kappa shape index (κ1) is 24.2. The largest absolute Gasteiger partial charge is 0.495 e. The highest BCUT2D eigenvalue weighted by molar-refractivity contribution is 6.05. The summed E-state index contributed by atoms with van der Waals surface area (Å²) in [4.78, 5) is 29.5. The van der Waals surface area contributed by atoms with Crippen molar-refractivity contribution in [2.24, 2.45) is 0 Å². The van der Waals surface area contributed by atoms with Crippen LogP contribution in [0.2, 0.25) is 0 Å².